The summed E-state index contributed by atoms with van der Waals surface area (Å²) in [6.07, 6.45) is 0. The molecule has 1 aliphatic rings. The number of sulfonamides is 1. The second-order valence-corrected chi connectivity index (χ2v) is 10.1. The molecule has 7 nitrogen and oxygen atoms in total. The second kappa shape index (κ2) is 10.5. The van der Waals surface area contributed by atoms with E-state index in [0.717, 1.165) is 26.3 Å². The Morgan fingerprint density at radius 3 is 2.57 bits per heavy atom. The number of hydrogen-bond acceptors (Lipinski definition) is 5. The van der Waals surface area contributed by atoms with Gasteiger partial charge in [-0.1, -0.05) is 26.0 Å². The van der Waals surface area contributed by atoms with Crippen molar-refractivity contribution in [3.05, 3.63) is 52.2 Å². The number of ether oxygens (including phenoxy) is 1. The van der Waals surface area contributed by atoms with Crippen molar-refractivity contribution in [1.82, 2.24) is 9.62 Å². The molecule has 1 saturated heterocycles. The highest BCUT2D eigenvalue weighted by Crippen LogP contribution is 2.18. The van der Waals surface area contributed by atoms with Crippen LogP contribution in [0.2, 0.25) is 0 Å². The molecule has 2 heterocycles. The number of rotatable bonds is 9. The minimum atomic E-state index is -3.60. The minimum Gasteiger partial charge on any atom is -0.370 e. The van der Waals surface area contributed by atoms with Gasteiger partial charge >= 0.3 is 0 Å². The van der Waals surface area contributed by atoms with Gasteiger partial charge in [-0.25, -0.2) is 8.42 Å². The Kier molecular flexibility index (Phi) is 8.01. The third kappa shape index (κ3) is 5.28. The molecule has 0 aliphatic carbocycles. The molecule has 0 radical (unpaired) electrons. The van der Waals surface area contributed by atoms with Crippen LogP contribution < -0.4 is 10.2 Å². The number of hydrogen-bond donors (Lipinski definition) is 2. The number of nitrogens with zero attached hydrogens (tertiary/aromatic N) is 1. The van der Waals surface area contributed by atoms with E-state index >= 15 is 0 Å². The number of nitrogens with one attached hydrogen (secondary N) is 2. The maximum absolute atomic E-state index is 12.8. The largest absolute Gasteiger partial charge is 0.370 e. The van der Waals surface area contributed by atoms with Crippen molar-refractivity contribution in [2.24, 2.45) is 0 Å². The van der Waals surface area contributed by atoms with Gasteiger partial charge in [-0.15, -0.1) is 11.3 Å². The monoisotopic (exact) mass is 452 g/mol. The van der Waals surface area contributed by atoms with Crippen molar-refractivity contribution < 1.29 is 22.8 Å². The molecule has 1 aliphatic heterocycles. The van der Waals surface area contributed by atoms with Gasteiger partial charge in [-0.3, -0.25) is 4.79 Å². The lowest BCUT2D eigenvalue weighted by molar-refractivity contribution is -0.937. The van der Waals surface area contributed by atoms with Crippen molar-refractivity contribution in [3.8, 4) is 0 Å². The van der Waals surface area contributed by atoms with Gasteiger partial charge in [0.15, 0.2) is 0 Å². The molecule has 2 N–H and O–H groups in total. The molecule has 0 bridgehead atoms. The molecule has 1 amide bonds. The molecule has 1 atom stereocenters. The number of thiophene rings is 1. The van der Waals surface area contributed by atoms with Crippen LogP contribution in [0.25, 0.3) is 0 Å². The summed E-state index contributed by atoms with van der Waals surface area (Å²) in [5.74, 6) is -0.263. The lowest BCUT2D eigenvalue weighted by Crippen LogP contribution is -3.15. The maximum Gasteiger partial charge on any atom is 0.251 e. The summed E-state index contributed by atoms with van der Waals surface area (Å²) in [5, 5.41) is 5.07. The number of morpholine rings is 1. The van der Waals surface area contributed by atoms with Crippen molar-refractivity contribution in [3.63, 3.8) is 0 Å². The van der Waals surface area contributed by atoms with Crippen LogP contribution in [0.1, 0.15) is 35.1 Å². The number of benzene rings is 1. The molecule has 3 rings (SSSR count). The van der Waals surface area contributed by atoms with Crippen molar-refractivity contribution in [1.29, 1.82) is 0 Å². The van der Waals surface area contributed by atoms with Gasteiger partial charge in [0.2, 0.25) is 10.0 Å². The van der Waals surface area contributed by atoms with E-state index in [2.05, 4.69) is 11.4 Å². The predicted octanol–water partition coefficient (Wildman–Crippen LogP) is 1.16. The van der Waals surface area contributed by atoms with Gasteiger partial charge in [0.1, 0.15) is 19.1 Å². The summed E-state index contributed by atoms with van der Waals surface area (Å²) in [4.78, 5) is 15.6. The fraction of sp³-hybridized carbons (Fsp3) is 0.476. The first-order chi connectivity index (χ1) is 14.5. The summed E-state index contributed by atoms with van der Waals surface area (Å²) >= 11 is 1.69. The first-order valence-corrected chi connectivity index (χ1v) is 12.6. The van der Waals surface area contributed by atoms with Crippen LogP contribution in [0.4, 0.5) is 0 Å². The molecular weight excluding hydrogens is 422 g/mol. The van der Waals surface area contributed by atoms with Gasteiger partial charge in [0, 0.05) is 18.7 Å². The van der Waals surface area contributed by atoms with Crippen LogP contribution in [0, 0.1) is 0 Å². The smallest absolute Gasteiger partial charge is 0.251 e. The lowest BCUT2D eigenvalue weighted by Gasteiger charge is -2.31. The van der Waals surface area contributed by atoms with E-state index in [4.69, 9.17) is 4.74 Å². The first-order valence-electron chi connectivity index (χ1n) is 10.3. The van der Waals surface area contributed by atoms with E-state index in [1.807, 2.05) is 11.4 Å². The average Bonchev–Trinajstić information content (AvgIpc) is 3.30. The SMILES string of the molecule is CCN(CC)S(=O)(=O)c1cccc(C(=O)NC[C@@H](c2cccs2)[NH+]2CCOCC2)c1. The molecule has 0 saturated carbocycles. The van der Waals surface area contributed by atoms with Crippen molar-refractivity contribution in [2.45, 2.75) is 24.8 Å². The lowest BCUT2D eigenvalue weighted by atomic mass is 10.1. The van der Waals surface area contributed by atoms with Crippen LogP contribution in [0.3, 0.4) is 0 Å². The summed E-state index contributed by atoms with van der Waals surface area (Å²) in [6, 6.07) is 10.5. The van der Waals surface area contributed by atoms with Gasteiger partial charge in [-0.2, -0.15) is 4.31 Å². The zero-order chi connectivity index (χ0) is 21.6. The van der Waals surface area contributed by atoms with Crippen LogP contribution in [0.15, 0.2) is 46.7 Å². The Labute approximate surface area is 182 Å². The Balaban J connectivity index is 1.73. The molecule has 1 aromatic heterocycles. The van der Waals surface area contributed by atoms with Gasteiger partial charge in [0.25, 0.3) is 5.91 Å². The first kappa shape index (κ1) is 22.9. The van der Waals surface area contributed by atoms with Gasteiger partial charge in [-0.05, 0) is 29.6 Å². The van der Waals surface area contributed by atoms with Crippen LogP contribution in [-0.4, -0.2) is 64.6 Å². The van der Waals surface area contributed by atoms with E-state index in [1.165, 1.54) is 26.2 Å². The zero-order valence-electron chi connectivity index (χ0n) is 17.5. The molecule has 164 valence electrons. The zero-order valence-corrected chi connectivity index (χ0v) is 19.1. The van der Waals surface area contributed by atoms with E-state index < -0.39 is 10.0 Å². The Morgan fingerprint density at radius 1 is 1.20 bits per heavy atom. The third-order valence-corrected chi connectivity index (χ3v) is 8.45. The molecule has 1 fully saturated rings. The molecule has 9 heteroatoms. The van der Waals surface area contributed by atoms with E-state index in [1.54, 1.807) is 37.3 Å². The predicted molar refractivity (Wildman–Crippen MR) is 117 cm³/mol. The quantitative estimate of drug-likeness (QED) is 0.599. The van der Waals surface area contributed by atoms with Crippen LogP contribution in [-0.2, 0) is 14.8 Å². The highest BCUT2D eigenvalue weighted by atomic mass is 32.2. The van der Waals surface area contributed by atoms with Gasteiger partial charge in [0.05, 0.1) is 29.5 Å². The van der Waals surface area contributed by atoms with Crippen molar-refractivity contribution >= 4 is 27.3 Å². The average molecular weight is 453 g/mol. The van der Waals surface area contributed by atoms with E-state index in [-0.39, 0.29) is 16.8 Å². The standard InChI is InChI=1S/C21H29N3O4S2/c1-3-24(4-2)30(26,27)18-8-5-7-17(15-18)21(25)22-16-19(20-9-6-14-29-20)23-10-12-28-13-11-23/h5-9,14-15,19H,3-4,10-13,16H2,1-2H3,(H,22,25)/p+1/t19-/m0/s1. The highest BCUT2D eigenvalue weighted by Gasteiger charge is 2.28. The molecule has 0 unspecified atom stereocenters. The highest BCUT2D eigenvalue weighted by molar-refractivity contribution is 7.89. The summed E-state index contributed by atoms with van der Waals surface area (Å²) in [6.45, 7) is 8.10. The maximum atomic E-state index is 12.8. The second-order valence-electron chi connectivity index (χ2n) is 7.17. The Hall–Kier alpha value is -1.78. The minimum absolute atomic E-state index is 0.146. The molecule has 2 aromatic rings. The normalized spacial score (nSPS) is 16.5. The Bertz CT molecular complexity index is 921. The number of carbonyl (C=O) groups is 1. The number of quaternary nitrogens is 1. The summed E-state index contributed by atoms with van der Waals surface area (Å²) in [5.41, 5.74) is 0.352. The number of amides is 1. The molecule has 0 spiro atoms. The van der Waals surface area contributed by atoms with Crippen LogP contribution >= 0.6 is 11.3 Å². The topological polar surface area (TPSA) is 80.2 Å². The molecular formula is C21H30N3O4S2+. The fourth-order valence-corrected chi connectivity index (χ4v) is 6.12. The summed E-state index contributed by atoms with van der Waals surface area (Å²) in [7, 11) is -3.60. The molecule has 1 aromatic carbocycles. The summed E-state index contributed by atoms with van der Waals surface area (Å²) < 4.78 is 32.4. The van der Waals surface area contributed by atoms with E-state index in [0.29, 0.717) is 25.2 Å². The Morgan fingerprint density at radius 2 is 1.93 bits per heavy atom. The van der Waals surface area contributed by atoms with Crippen LogP contribution in [0.5, 0.6) is 0 Å². The fourth-order valence-electron chi connectivity index (χ4n) is 3.72. The van der Waals surface area contributed by atoms with E-state index in [9.17, 15) is 13.2 Å². The van der Waals surface area contributed by atoms with Crippen molar-refractivity contribution in [2.75, 3.05) is 45.9 Å². The third-order valence-electron chi connectivity index (χ3n) is 5.42. The number of carbonyl (C=O) groups excluding carboxylic acids is 1. The molecule has 30 heavy (non-hydrogen) atoms. The van der Waals surface area contributed by atoms with Gasteiger partial charge < -0.3 is 15.0 Å².